The van der Waals surface area contributed by atoms with Crippen LogP contribution in [0.15, 0.2) is 29.0 Å². The first-order chi connectivity index (χ1) is 21.7. The van der Waals surface area contributed by atoms with Gasteiger partial charge in [-0.05, 0) is 56.3 Å². The smallest absolute Gasteiger partial charge is 0.257 e. The van der Waals surface area contributed by atoms with Crippen molar-refractivity contribution in [1.82, 2.24) is 25.6 Å². The highest BCUT2D eigenvalue weighted by Crippen LogP contribution is 2.40. The van der Waals surface area contributed by atoms with Crippen LogP contribution in [0, 0.1) is 11.7 Å². The molecule has 2 aromatic rings. The van der Waals surface area contributed by atoms with Crippen LogP contribution in [0.2, 0.25) is 0 Å². The highest BCUT2D eigenvalue weighted by atomic mass is 19.1. The number of rotatable bonds is 11. The molecule has 2 atom stereocenters. The molecule has 1 saturated heterocycles. The van der Waals surface area contributed by atoms with Crippen LogP contribution >= 0.6 is 0 Å². The lowest BCUT2D eigenvalue weighted by Crippen LogP contribution is -2.54. The summed E-state index contributed by atoms with van der Waals surface area (Å²) >= 11 is 0. The summed E-state index contributed by atoms with van der Waals surface area (Å²) in [4.78, 5) is 56.5. The third-order valence-electron chi connectivity index (χ3n) is 9.25. The third kappa shape index (κ3) is 8.47. The number of hydrogen-bond donors (Lipinski definition) is 3. The third-order valence-corrected chi connectivity index (χ3v) is 9.25. The Balaban J connectivity index is 1.29. The van der Waals surface area contributed by atoms with Crippen LogP contribution in [0.4, 0.5) is 10.1 Å². The van der Waals surface area contributed by atoms with Crippen LogP contribution in [0.5, 0.6) is 0 Å². The van der Waals surface area contributed by atoms with Gasteiger partial charge in [-0.15, -0.1) is 0 Å². The van der Waals surface area contributed by atoms with E-state index in [1.54, 1.807) is 17.9 Å². The van der Waals surface area contributed by atoms with Gasteiger partial charge >= 0.3 is 0 Å². The number of carbonyl (C=O) groups is 4. The molecule has 2 aliphatic carbocycles. The summed E-state index contributed by atoms with van der Waals surface area (Å²) in [5.41, 5.74) is 1.46. The van der Waals surface area contributed by atoms with E-state index in [0.29, 0.717) is 29.9 Å². The molecule has 4 amide bonds. The van der Waals surface area contributed by atoms with Crippen molar-refractivity contribution in [3.8, 4) is 0 Å². The quantitative estimate of drug-likeness (QED) is 0.325. The molecule has 244 valence electrons. The summed E-state index contributed by atoms with van der Waals surface area (Å²) in [5, 5.41) is 12.5. The van der Waals surface area contributed by atoms with Crippen molar-refractivity contribution in [3.63, 3.8) is 0 Å². The van der Waals surface area contributed by atoms with Crippen LogP contribution in [-0.4, -0.2) is 83.9 Å². The summed E-state index contributed by atoms with van der Waals surface area (Å²) in [6.45, 7) is 4.32. The van der Waals surface area contributed by atoms with Gasteiger partial charge in [-0.2, -0.15) is 0 Å². The van der Waals surface area contributed by atoms with Gasteiger partial charge in [-0.3, -0.25) is 19.2 Å². The van der Waals surface area contributed by atoms with E-state index in [-0.39, 0.29) is 42.2 Å². The fourth-order valence-electron chi connectivity index (χ4n) is 6.30. The molecule has 3 fully saturated rings. The van der Waals surface area contributed by atoms with Crippen molar-refractivity contribution in [2.24, 2.45) is 5.92 Å². The van der Waals surface area contributed by atoms with Gasteiger partial charge in [-0.25, -0.2) is 4.39 Å². The number of likely N-dealkylation sites (N-methyl/N-ethyl adjacent to an activating group) is 1. The number of nitrogens with one attached hydrogen (secondary N) is 3. The van der Waals surface area contributed by atoms with E-state index in [2.05, 4.69) is 26.0 Å². The second-order valence-corrected chi connectivity index (χ2v) is 12.7. The van der Waals surface area contributed by atoms with Crippen molar-refractivity contribution in [3.05, 3.63) is 47.1 Å². The molecule has 2 saturated carbocycles. The summed E-state index contributed by atoms with van der Waals surface area (Å²) in [6, 6.07) is 2.73. The summed E-state index contributed by atoms with van der Waals surface area (Å²) in [7, 11) is 2.00. The largest absolute Gasteiger partial charge is 0.364 e. The highest BCUT2D eigenvalue weighted by Gasteiger charge is 2.36. The van der Waals surface area contributed by atoms with Crippen molar-refractivity contribution >= 4 is 29.3 Å². The maximum Gasteiger partial charge on any atom is 0.257 e. The second kappa shape index (κ2) is 15.0. The fraction of sp³-hybridized carbons (Fsp3) is 0.606. The van der Waals surface area contributed by atoms with Crippen molar-refractivity contribution in [1.29, 1.82) is 0 Å². The first-order valence-corrected chi connectivity index (χ1v) is 16.3. The van der Waals surface area contributed by atoms with Gasteiger partial charge in [0.05, 0.1) is 11.4 Å². The number of hydrogen-bond acceptors (Lipinski definition) is 7. The Morgan fingerprint density at radius 3 is 2.36 bits per heavy atom. The minimum atomic E-state index is -0.855. The molecular weight excluding hydrogens is 579 g/mol. The van der Waals surface area contributed by atoms with Gasteiger partial charge in [-0.1, -0.05) is 43.8 Å². The Morgan fingerprint density at radius 1 is 1.00 bits per heavy atom. The maximum absolute atomic E-state index is 15.5. The second-order valence-electron chi connectivity index (χ2n) is 12.7. The molecule has 3 aliphatic rings. The van der Waals surface area contributed by atoms with E-state index in [9.17, 15) is 19.2 Å². The van der Waals surface area contributed by atoms with E-state index in [1.807, 2.05) is 7.05 Å². The number of nitrogens with zero attached hydrogens (tertiary/aromatic N) is 3. The lowest BCUT2D eigenvalue weighted by atomic mass is 9.90. The lowest BCUT2D eigenvalue weighted by molar-refractivity contribution is -0.137. The minimum absolute atomic E-state index is 0.0141. The molecule has 0 bridgehead atoms. The number of anilines is 1. The molecule has 11 nitrogen and oxygen atoms in total. The van der Waals surface area contributed by atoms with Crippen molar-refractivity contribution in [2.45, 2.75) is 89.1 Å². The normalized spacial score (nSPS) is 19.3. The van der Waals surface area contributed by atoms with Crippen LogP contribution in [0.25, 0.3) is 0 Å². The minimum Gasteiger partial charge on any atom is -0.364 e. The predicted octanol–water partition coefficient (Wildman–Crippen LogP) is 3.61. The number of benzene rings is 1. The molecule has 12 heteroatoms. The predicted molar refractivity (Wildman–Crippen MR) is 166 cm³/mol. The topological polar surface area (TPSA) is 137 Å². The highest BCUT2D eigenvalue weighted by molar-refractivity contribution is 6.01. The van der Waals surface area contributed by atoms with Crippen molar-refractivity contribution in [2.75, 3.05) is 38.5 Å². The van der Waals surface area contributed by atoms with E-state index >= 15 is 4.39 Å². The average molecular weight is 625 g/mol. The summed E-state index contributed by atoms with van der Waals surface area (Å²) < 4.78 is 20.6. The van der Waals surface area contributed by atoms with Crippen LogP contribution in [-0.2, 0) is 20.8 Å². The van der Waals surface area contributed by atoms with Gasteiger partial charge in [0.15, 0.2) is 0 Å². The van der Waals surface area contributed by atoms with E-state index in [0.717, 1.165) is 64.5 Å². The monoisotopic (exact) mass is 624 g/mol. The average Bonchev–Trinajstić information content (AvgIpc) is 3.82. The number of carbonyl (C=O) groups excluding carboxylic acids is 4. The summed E-state index contributed by atoms with van der Waals surface area (Å²) in [5.74, 6) is -1.89. The molecule has 1 aromatic carbocycles. The standard InChI is InChI=1S/C33H45FN6O5/c1-3-28(41)35-27(33(44)40-16-14-39(2)15-17-40)19-21-10-13-26(25(34)18-21)36-32(43)30(22-8-6-4-5-7-9-22)37-31(42)24-20-45-38-29(24)23-11-12-23/h10,13,18,20,22-23,27,30H,3-9,11-12,14-17,19H2,1-2H3,(H,35,41)(H,36,43)(H,37,42)/t27-,30+/m1/s1. The van der Waals surface area contributed by atoms with Gasteiger partial charge in [0.2, 0.25) is 17.7 Å². The van der Waals surface area contributed by atoms with Gasteiger partial charge in [0.1, 0.15) is 29.7 Å². The molecule has 0 unspecified atom stereocenters. The van der Waals surface area contributed by atoms with E-state index in [1.165, 1.54) is 18.4 Å². The maximum atomic E-state index is 15.5. The zero-order valence-electron chi connectivity index (χ0n) is 26.3. The molecule has 2 heterocycles. The molecule has 1 aromatic heterocycles. The first-order valence-electron chi connectivity index (χ1n) is 16.3. The number of aromatic nitrogens is 1. The van der Waals surface area contributed by atoms with Gasteiger partial charge in [0.25, 0.3) is 5.91 Å². The first kappa shape index (κ1) is 32.6. The fourth-order valence-corrected chi connectivity index (χ4v) is 6.30. The molecule has 0 radical (unpaired) electrons. The molecule has 3 N–H and O–H groups in total. The number of halogens is 1. The molecule has 1 aliphatic heterocycles. The molecule has 45 heavy (non-hydrogen) atoms. The Hall–Kier alpha value is -3.80. The van der Waals surface area contributed by atoms with Gasteiger partial charge in [0, 0.05) is 44.9 Å². The Labute approximate surface area is 263 Å². The van der Waals surface area contributed by atoms with Crippen molar-refractivity contribution < 1.29 is 28.1 Å². The zero-order valence-corrected chi connectivity index (χ0v) is 26.3. The van der Waals surface area contributed by atoms with Crippen LogP contribution < -0.4 is 16.0 Å². The van der Waals surface area contributed by atoms with E-state index < -0.39 is 29.7 Å². The Bertz CT molecular complexity index is 1360. The van der Waals surface area contributed by atoms with Gasteiger partial charge < -0.3 is 30.3 Å². The SMILES string of the molecule is CCC(=O)N[C@H](Cc1ccc(NC(=O)[C@@H](NC(=O)c2conc2C2CC2)C2CCCCCC2)c(F)c1)C(=O)N1CCN(C)CC1. The summed E-state index contributed by atoms with van der Waals surface area (Å²) in [6.07, 6.45) is 9.19. The molecular formula is C33H45FN6O5. The molecule has 0 spiro atoms. The molecule has 5 rings (SSSR count). The van der Waals surface area contributed by atoms with Crippen LogP contribution in [0.3, 0.4) is 0 Å². The number of piperazine rings is 1. The Morgan fingerprint density at radius 2 is 1.71 bits per heavy atom. The Kier molecular flexibility index (Phi) is 10.9. The zero-order chi connectivity index (χ0) is 31.9. The van der Waals surface area contributed by atoms with E-state index in [4.69, 9.17) is 4.52 Å². The number of amides is 4. The van der Waals surface area contributed by atoms with Crippen LogP contribution in [0.1, 0.15) is 92.2 Å². The lowest BCUT2D eigenvalue weighted by Gasteiger charge is -2.34.